The van der Waals surface area contributed by atoms with Gasteiger partial charge in [-0.05, 0) is 26.0 Å². The highest BCUT2D eigenvalue weighted by Gasteiger charge is 2.20. The van der Waals surface area contributed by atoms with E-state index in [1.165, 1.54) is 33.1 Å². The minimum Gasteiger partial charge on any atom is -0.496 e. The first-order chi connectivity index (χ1) is 7.97. The maximum absolute atomic E-state index is 13.5. The molecule has 5 heteroatoms. The third-order valence-electron chi connectivity index (χ3n) is 2.38. The molecule has 0 spiro atoms. The molecule has 0 saturated carbocycles. The standard InChI is InChI=1S/C12H14FNO3/c1-7(8(2)15)14-12(16)11-9(13)5-4-6-10(11)17-3/h4-7H,1-3H3,(H,14,16). The summed E-state index contributed by atoms with van der Waals surface area (Å²) in [6.07, 6.45) is 0. The molecular weight excluding hydrogens is 225 g/mol. The highest BCUT2D eigenvalue weighted by atomic mass is 19.1. The highest BCUT2D eigenvalue weighted by Crippen LogP contribution is 2.20. The molecule has 0 aromatic heterocycles. The van der Waals surface area contributed by atoms with Crippen LogP contribution in [0.5, 0.6) is 5.75 Å². The number of benzene rings is 1. The van der Waals surface area contributed by atoms with Gasteiger partial charge in [0.1, 0.15) is 17.1 Å². The van der Waals surface area contributed by atoms with E-state index < -0.39 is 17.8 Å². The third kappa shape index (κ3) is 3.03. The number of halogens is 1. The summed E-state index contributed by atoms with van der Waals surface area (Å²) < 4.78 is 18.4. The van der Waals surface area contributed by atoms with E-state index in [1.807, 2.05) is 0 Å². The van der Waals surface area contributed by atoms with Crippen LogP contribution in [0.4, 0.5) is 4.39 Å². The Hall–Kier alpha value is -1.91. The monoisotopic (exact) mass is 239 g/mol. The highest BCUT2D eigenvalue weighted by molar-refractivity contribution is 5.99. The van der Waals surface area contributed by atoms with Crippen LogP contribution in [0.15, 0.2) is 18.2 Å². The number of ketones is 1. The lowest BCUT2D eigenvalue weighted by Gasteiger charge is -2.13. The van der Waals surface area contributed by atoms with Gasteiger partial charge < -0.3 is 10.1 Å². The molecule has 0 aliphatic rings. The van der Waals surface area contributed by atoms with E-state index in [4.69, 9.17) is 4.74 Å². The lowest BCUT2D eigenvalue weighted by atomic mass is 10.1. The molecular formula is C12H14FNO3. The van der Waals surface area contributed by atoms with Crippen LogP contribution in [0.25, 0.3) is 0 Å². The second-order valence-corrected chi connectivity index (χ2v) is 3.62. The average molecular weight is 239 g/mol. The quantitative estimate of drug-likeness (QED) is 0.867. The first-order valence-corrected chi connectivity index (χ1v) is 5.11. The molecule has 4 nitrogen and oxygen atoms in total. The zero-order valence-corrected chi connectivity index (χ0v) is 9.91. The molecule has 1 rings (SSSR count). The van der Waals surface area contributed by atoms with Crippen molar-refractivity contribution in [2.45, 2.75) is 19.9 Å². The predicted molar refractivity (Wildman–Crippen MR) is 60.6 cm³/mol. The number of methoxy groups -OCH3 is 1. The molecule has 1 aromatic carbocycles. The van der Waals surface area contributed by atoms with Crippen LogP contribution in [-0.2, 0) is 4.79 Å². The number of carbonyl (C=O) groups is 2. The molecule has 1 N–H and O–H groups in total. The average Bonchev–Trinajstić information content (AvgIpc) is 2.27. The molecule has 1 atom stereocenters. The SMILES string of the molecule is COc1cccc(F)c1C(=O)NC(C)C(C)=O. The van der Waals surface area contributed by atoms with Gasteiger partial charge in [0.25, 0.3) is 5.91 Å². The minimum atomic E-state index is -0.683. The fraction of sp³-hybridized carbons (Fsp3) is 0.333. The van der Waals surface area contributed by atoms with Crippen LogP contribution >= 0.6 is 0 Å². The van der Waals surface area contributed by atoms with Gasteiger partial charge in [-0.1, -0.05) is 6.07 Å². The predicted octanol–water partition coefficient (Wildman–Crippen LogP) is 1.54. The van der Waals surface area contributed by atoms with E-state index in [1.54, 1.807) is 0 Å². The van der Waals surface area contributed by atoms with Crippen LogP contribution in [0.2, 0.25) is 0 Å². The summed E-state index contributed by atoms with van der Waals surface area (Å²) in [6, 6.07) is 3.43. The molecule has 1 aromatic rings. The summed E-state index contributed by atoms with van der Waals surface area (Å²) in [5, 5.41) is 2.40. The van der Waals surface area contributed by atoms with Gasteiger partial charge in [-0.2, -0.15) is 0 Å². The molecule has 0 bridgehead atoms. The fourth-order valence-corrected chi connectivity index (χ4v) is 1.27. The Kier molecular flexibility index (Phi) is 4.20. The van der Waals surface area contributed by atoms with Gasteiger partial charge in [-0.25, -0.2) is 4.39 Å². The Labute approximate surface area is 98.8 Å². The molecule has 1 amide bonds. The fourth-order valence-electron chi connectivity index (χ4n) is 1.27. The van der Waals surface area contributed by atoms with Crippen LogP contribution in [0.3, 0.4) is 0 Å². The van der Waals surface area contributed by atoms with Crippen molar-refractivity contribution >= 4 is 11.7 Å². The van der Waals surface area contributed by atoms with E-state index >= 15 is 0 Å². The lowest BCUT2D eigenvalue weighted by molar-refractivity contribution is -0.118. The zero-order chi connectivity index (χ0) is 13.0. The summed E-state index contributed by atoms with van der Waals surface area (Å²) in [4.78, 5) is 22.8. The van der Waals surface area contributed by atoms with Gasteiger partial charge in [0.2, 0.25) is 0 Å². The van der Waals surface area contributed by atoms with Crippen LogP contribution in [0.1, 0.15) is 24.2 Å². The summed E-state index contributed by atoms with van der Waals surface area (Å²) in [5.74, 6) is -1.41. The number of hydrogen-bond acceptors (Lipinski definition) is 3. The third-order valence-corrected chi connectivity index (χ3v) is 2.38. The summed E-state index contributed by atoms with van der Waals surface area (Å²) in [6.45, 7) is 2.89. The van der Waals surface area contributed by atoms with Gasteiger partial charge in [0.15, 0.2) is 5.78 Å². The van der Waals surface area contributed by atoms with Crippen LogP contribution in [-0.4, -0.2) is 24.8 Å². The van der Waals surface area contributed by atoms with E-state index in [0.717, 1.165) is 6.07 Å². The molecule has 1 unspecified atom stereocenters. The Morgan fingerprint density at radius 3 is 2.59 bits per heavy atom. The summed E-state index contributed by atoms with van der Waals surface area (Å²) >= 11 is 0. The number of Topliss-reactive ketones (excluding diaryl/α,β-unsaturated/α-hetero) is 1. The molecule has 0 aliphatic carbocycles. The Balaban J connectivity index is 3.00. The Morgan fingerprint density at radius 2 is 2.06 bits per heavy atom. The van der Waals surface area contributed by atoms with Crippen molar-refractivity contribution in [3.05, 3.63) is 29.6 Å². The molecule has 17 heavy (non-hydrogen) atoms. The first kappa shape index (κ1) is 13.2. The van der Waals surface area contributed by atoms with Gasteiger partial charge in [-0.15, -0.1) is 0 Å². The van der Waals surface area contributed by atoms with Crippen molar-refractivity contribution in [3.8, 4) is 5.75 Å². The van der Waals surface area contributed by atoms with Crippen molar-refractivity contribution in [1.82, 2.24) is 5.32 Å². The van der Waals surface area contributed by atoms with Crippen molar-refractivity contribution in [1.29, 1.82) is 0 Å². The van der Waals surface area contributed by atoms with Crippen molar-refractivity contribution in [2.75, 3.05) is 7.11 Å². The first-order valence-electron chi connectivity index (χ1n) is 5.11. The number of rotatable bonds is 4. The van der Waals surface area contributed by atoms with Gasteiger partial charge >= 0.3 is 0 Å². The number of amides is 1. The van der Waals surface area contributed by atoms with E-state index in [0.29, 0.717) is 0 Å². The second kappa shape index (κ2) is 5.43. The maximum atomic E-state index is 13.5. The van der Waals surface area contributed by atoms with Gasteiger partial charge in [0.05, 0.1) is 13.2 Å². The Bertz CT molecular complexity index is 445. The minimum absolute atomic E-state index is 0.137. The maximum Gasteiger partial charge on any atom is 0.258 e. The van der Waals surface area contributed by atoms with Crippen molar-refractivity contribution in [2.24, 2.45) is 0 Å². The summed E-state index contributed by atoms with van der Waals surface area (Å²) in [5.41, 5.74) is -0.192. The molecule has 0 saturated heterocycles. The van der Waals surface area contributed by atoms with Crippen molar-refractivity contribution in [3.63, 3.8) is 0 Å². The number of hydrogen-bond donors (Lipinski definition) is 1. The molecule has 0 radical (unpaired) electrons. The van der Waals surface area contributed by atoms with Gasteiger partial charge in [0, 0.05) is 0 Å². The van der Waals surface area contributed by atoms with E-state index in [2.05, 4.69) is 5.32 Å². The van der Waals surface area contributed by atoms with Crippen LogP contribution < -0.4 is 10.1 Å². The van der Waals surface area contributed by atoms with Crippen molar-refractivity contribution < 1.29 is 18.7 Å². The molecule has 92 valence electrons. The number of carbonyl (C=O) groups excluding carboxylic acids is 2. The number of ether oxygens (including phenoxy) is 1. The van der Waals surface area contributed by atoms with E-state index in [9.17, 15) is 14.0 Å². The molecule has 0 fully saturated rings. The van der Waals surface area contributed by atoms with E-state index in [-0.39, 0.29) is 17.1 Å². The Morgan fingerprint density at radius 1 is 1.41 bits per heavy atom. The topological polar surface area (TPSA) is 55.4 Å². The lowest BCUT2D eigenvalue weighted by Crippen LogP contribution is -2.37. The van der Waals surface area contributed by atoms with Crippen LogP contribution in [0, 0.1) is 5.82 Å². The number of nitrogens with one attached hydrogen (secondary N) is 1. The smallest absolute Gasteiger partial charge is 0.258 e. The van der Waals surface area contributed by atoms with Gasteiger partial charge in [-0.3, -0.25) is 9.59 Å². The summed E-state index contributed by atoms with van der Waals surface area (Å²) in [7, 11) is 1.35. The normalized spacial score (nSPS) is 11.8. The zero-order valence-electron chi connectivity index (χ0n) is 9.91. The molecule has 0 aliphatic heterocycles. The molecule has 0 heterocycles. The largest absolute Gasteiger partial charge is 0.496 e. The second-order valence-electron chi connectivity index (χ2n) is 3.62.